The number of hydrogen-bond donors (Lipinski definition) is 1. The van der Waals surface area contributed by atoms with Crippen molar-refractivity contribution >= 4 is 0 Å². The molecule has 2 saturated carbocycles. The van der Waals surface area contributed by atoms with Crippen LogP contribution in [0.5, 0.6) is 0 Å². The minimum absolute atomic E-state index is 0.296. The second kappa shape index (κ2) is 5.40. The van der Waals surface area contributed by atoms with Gasteiger partial charge in [0, 0.05) is 19.1 Å². The maximum Gasteiger partial charge on any atom is 0.0948 e. The van der Waals surface area contributed by atoms with Gasteiger partial charge in [0.15, 0.2) is 0 Å². The van der Waals surface area contributed by atoms with Crippen molar-refractivity contribution in [2.45, 2.75) is 57.1 Å². The Kier molecular flexibility index (Phi) is 3.55. The van der Waals surface area contributed by atoms with E-state index in [1.54, 1.807) is 0 Å². The van der Waals surface area contributed by atoms with Gasteiger partial charge in [0.05, 0.1) is 6.10 Å². The average Bonchev–Trinajstić information content (AvgIpc) is 3.38. The van der Waals surface area contributed by atoms with Crippen molar-refractivity contribution in [2.75, 3.05) is 13.1 Å². The molecule has 3 atom stereocenters. The molecule has 3 aliphatic carbocycles. The highest BCUT2D eigenvalue weighted by Gasteiger charge is 2.39. The summed E-state index contributed by atoms with van der Waals surface area (Å²) in [6.07, 6.45) is 6.41. The van der Waals surface area contributed by atoms with Crippen molar-refractivity contribution in [1.82, 2.24) is 4.90 Å². The molecule has 0 spiro atoms. The van der Waals surface area contributed by atoms with E-state index in [-0.39, 0.29) is 6.10 Å². The molecule has 21 heavy (non-hydrogen) atoms. The quantitative estimate of drug-likeness (QED) is 0.891. The average molecular weight is 285 g/mol. The van der Waals surface area contributed by atoms with Gasteiger partial charge < -0.3 is 5.11 Å². The van der Waals surface area contributed by atoms with Crippen LogP contribution in [0.15, 0.2) is 24.3 Å². The number of benzene rings is 1. The monoisotopic (exact) mass is 285 g/mol. The van der Waals surface area contributed by atoms with E-state index in [0.717, 1.165) is 18.3 Å². The lowest BCUT2D eigenvalue weighted by Crippen LogP contribution is -2.45. The third-order valence-corrected chi connectivity index (χ3v) is 5.65. The van der Waals surface area contributed by atoms with E-state index >= 15 is 0 Å². The van der Waals surface area contributed by atoms with Gasteiger partial charge in [0.2, 0.25) is 0 Å². The van der Waals surface area contributed by atoms with E-state index in [1.165, 1.54) is 49.9 Å². The van der Waals surface area contributed by atoms with Crippen LogP contribution in [-0.2, 0) is 0 Å². The number of aliphatic hydroxyl groups is 1. The van der Waals surface area contributed by atoms with Crippen LogP contribution in [0.2, 0.25) is 0 Å². The molecular weight excluding hydrogens is 258 g/mol. The summed E-state index contributed by atoms with van der Waals surface area (Å²) in [5.41, 5.74) is 2.54. The van der Waals surface area contributed by atoms with Gasteiger partial charge >= 0.3 is 0 Å². The van der Waals surface area contributed by atoms with Crippen molar-refractivity contribution in [3.8, 4) is 0 Å². The fraction of sp³-hybridized carbons (Fsp3) is 0.684. The Balaban J connectivity index is 1.57. The zero-order chi connectivity index (χ0) is 14.4. The van der Waals surface area contributed by atoms with Gasteiger partial charge in [-0.05, 0) is 61.0 Å². The molecule has 114 valence electrons. The highest BCUT2D eigenvalue weighted by Crippen LogP contribution is 2.42. The molecule has 2 fully saturated rings. The van der Waals surface area contributed by atoms with Crippen molar-refractivity contribution in [2.24, 2.45) is 11.8 Å². The van der Waals surface area contributed by atoms with Gasteiger partial charge in [0.1, 0.15) is 0 Å². The highest BCUT2D eigenvalue weighted by atomic mass is 16.3. The van der Waals surface area contributed by atoms with Crippen molar-refractivity contribution in [3.05, 3.63) is 35.4 Å². The van der Waals surface area contributed by atoms with Crippen LogP contribution >= 0.6 is 0 Å². The van der Waals surface area contributed by atoms with E-state index in [4.69, 9.17) is 0 Å². The molecular formula is C19H27NO. The maximum absolute atomic E-state index is 10.9. The number of nitrogens with zero attached hydrogens (tertiary/aromatic N) is 1. The molecule has 0 bridgehead atoms. The van der Waals surface area contributed by atoms with Gasteiger partial charge in [-0.25, -0.2) is 0 Å². The van der Waals surface area contributed by atoms with E-state index in [2.05, 4.69) is 36.1 Å². The van der Waals surface area contributed by atoms with Crippen molar-refractivity contribution in [1.29, 1.82) is 0 Å². The van der Waals surface area contributed by atoms with E-state index < -0.39 is 0 Å². The molecule has 3 unspecified atom stereocenters. The van der Waals surface area contributed by atoms with Crippen LogP contribution in [0, 0.1) is 11.8 Å². The lowest BCUT2D eigenvalue weighted by atomic mass is 9.78. The van der Waals surface area contributed by atoms with E-state index in [1.807, 2.05) is 0 Å². The SMILES string of the molecule is CC1CC(N(CC2CC2)CC2CC2)C(O)c2ccccc21. The summed E-state index contributed by atoms with van der Waals surface area (Å²) in [4.78, 5) is 2.65. The van der Waals surface area contributed by atoms with Crippen molar-refractivity contribution < 1.29 is 5.11 Å². The molecule has 2 nitrogen and oxygen atoms in total. The van der Waals surface area contributed by atoms with Crippen LogP contribution in [0.1, 0.15) is 62.2 Å². The molecule has 0 amide bonds. The Labute approximate surface area is 128 Å². The normalized spacial score (nSPS) is 32.2. The van der Waals surface area contributed by atoms with Gasteiger partial charge in [-0.15, -0.1) is 0 Å². The Morgan fingerprint density at radius 1 is 1.00 bits per heavy atom. The van der Waals surface area contributed by atoms with Crippen LogP contribution in [0.25, 0.3) is 0 Å². The van der Waals surface area contributed by atoms with E-state index in [9.17, 15) is 5.11 Å². The second-order valence-corrected chi connectivity index (χ2v) is 7.62. The molecule has 0 saturated heterocycles. The predicted molar refractivity (Wildman–Crippen MR) is 85.2 cm³/mol. The largest absolute Gasteiger partial charge is 0.387 e. The molecule has 1 N–H and O–H groups in total. The summed E-state index contributed by atoms with van der Waals surface area (Å²) in [6, 6.07) is 8.84. The number of fused-ring (bicyclic) bond motifs is 1. The Hall–Kier alpha value is -0.860. The summed E-state index contributed by atoms with van der Waals surface area (Å²) in [5.74, 6) is 2.38. The highest BCUT2D eigenvalue weighted by molar-refractivity contribution is 5.35. The molecule has 0 aromatic heterocycles. The zero-order valence-electron chi connectivity index (χ0n) is 13.0. The number of aliphatic hydroxyl groups excluding tert-OH is 1. The maximum atomic E-state index is 10.9. The molecule has 1 aromatic carbocycles. The lowest BCUT2D eigenvalue weighted by molar-refractivity contribution is 0.0259. The molecule has 3 aliphatic rings. The van der Waals surface area contributed by atoms with Gasteiger partial charge in [0.25, 0.3) is 0 Å². The second-order valence-electron chi connectivity index (χ2n) is 7.62. The molecule has 0 radical (unpaired) electrons. The molecule has 1 aromatic rings. The Morgan fingerprint density at radius 3 is 2.14 bits per heavy atom. The van der Waals surface area contributed by atoms with E-state index in [0.29, 0.717) is 12.0 Å². The summed E-state index contributed by atoms with van der Waals surface area (Å²) in [6.45, 7) is 4.75. The summed E-state index contributed by atoms with van der Waals surface area (Å²) >= 11 is 0. The third kappa shape index (κ3) is 2.89. The molecule has 0 heterocycles. The van der Waals surface area contributed by atoms with Crippen LogP contribution in [0.3, 0.4) is 0 Å². The first-order valence-corrected chi connectivity index (χ1v) is 8.73. The summed E-state index contributed by atoms with van der Waals surface area (Å²) in [7, 11) is 0. The fourth-order valence-electron chi connectivity index (χ4n) is 4.01. The number of hydrogen-bond acceptors (Lipinski definition) is 2. The van der Waals surface area contributed by atoms with Gasteiger partial charge in [-0.1, -0.05) is 31.2 Å². The Bertz CT molecular complexity index is 492. The topological polar surface area (TPSA) is 23.5 Å². The first-order valence-electron chi connectivity index (χ1n) is 8.73. The third-order valence-electron chi connectivity index (χ3n) is 5.65. The van der Waals surface area contributed by atoms with Crippen LogP contribution in [-0.4, -0.2) is 29.1 Å². The molecule has 4 rings (SSSR count). The van der Waals surface area contributed by atoms with Crippen molar-refractivity contribution in [3.63, 3.8) is 0 Å². The summed E-state index contributed by atoms with van der Waals surface area (Å²) < 4.78 is 0. The van der Waals surface area contributed by atoms with Crippen LogP contribution in [0.4, 0.5) is 0 Å². The lowest BCUT2D eigenvalue weighted by Gasteiger charge is -2.41. The van der Waals surface area contributed by atoms with Crippen LogP contribution < -0.4 is 0 Å². The fourth-order valence-corrected chi connectivity index (χ4v) is 4.01. The summed E-state index contributed by atoms with van der Waals surface area (Å²) in [5, 5.41) is 10.9. The zero-order valence-corrected chi connectivity index (χ0v) is 13.0. The van der Waals surface area contributed by atoms with Gasteiger partial charge in [-0.3, -0.25) is 4.90 Å². The first kappa shape index (κ1) is 13.8. The minimum atomic E-state index is -0.296. The first-order chi connectivity index (χ1) is 10.2. The molecule has 2 heteroatoms. The standard InChI is InChI=1S/C19H27NO/c1-13-10-18(19(21)17-5-3-2-4-16(13)17)20(11-14-6-7-14)12-15-8-9-15/h2-5,13-15,18-19,21H,6-12H2,1H3. The predicted octanol–water partition coefficient (Wildman–Crippen LogP) is 3.72. The number of rotatable bonds is 5. The smallest absolute Gasteiger partial charge is 0.0948 e. The Morgan fingerprint density at radius 2 is 1.57 bits per heavy atom. The minimum Gasteiger partial charge on any atom is -0.387 e. The van der Waals surface area contributed by atoms with Gasteiger partial charge in [-0.2, -0.15) is 0 Å². The molecule has 0 aliphatic heterocycles.